The molecule has 0 spiro atoms. The third kappa shape index (κ3) is 2.65. The first-order valence-corrected chi connectivity index (χ1v) is 4.43. The van der Waals surface area contributed by atoms with Crippen LogP contribution >= 0.6 is 0 Å². The highest BCUT2D eigenvalue weighted by atomic mass is 19.1. The smallest absolute Gasteiger partial charge is 0.353 e. The number of ketones is 1. The number of esters is 1. The Morgan fingerprint density at radius 1 is 1.38 bits per heavy atom. The molecule has 0 amide bonds. The number of ether oxygens (including phenoxy) is 1. The molecule has 1 N–H and O–H groups in total. The number of Topliss-reactive ketones (excluding diaryl/α,β-unsaturated/α-hetero) is 1. The van der Waals surface area contributed by atoms with E-state index in [1.165, 1.54) is 6.92 Å². The number of carbonyl (C=O) groups is 3. The zero-order chi connectivity index (χ0) is 13.1. The second-order valence-electron chi connectivity index (χ2n) is 3.40. The molecule has 0 heterocycles. The number of carbonyl (C=O) groups excluding carboxylic acids is 2. The molecule has 0 saturated carbocycles. The van der Waals surface area contributed by atoms with E-state index in [0.29, 0.717) is 0 Å². The molecule has 0 aromatic carbocycles. The predicted molar refractivity (Wildman–Crippen MR) is 52.5 cm³/mol. The Hall–Kier alpha value is -1.72. The van der Waals surface area contributed by atoms with Crippen molar-refractivity contribution < 1.29 is 28.6 Å². The molecule has 0 bridgehead atoms. The van der Waals surface area contributed by atoms with E-state index >= 15 is 0 Å². The van der Waals surface area contributed by atoms with Gasteiger partial charge in [-0.1, -0.05) is 6.58 Å². The van der Waals surface area contributed by atoms with E-state index in [2.05, 4.69) is 11.3 Å². The summed E-state index contributed by atoms with van der Waals surface area (Å²) in [7, 11) is 0. The Labute approximate surface area is 91.9 Å². The molecule has 0 aliphatic carbocycles. The Kier molecular flexibility index (Phi) is 4.35. The molecule has 90 valence electrons. The number of halogens is 1. The maximum atomic E-state index is 13.8. The van der Waals surface area contributed by atoms with Crippen LogP contribution in [0.15, 0.2) is 12.2 Å². The predicted octanol–water partition coefficient (Wildman–Crippen LogP) is 0.876. The number of carboxylic acids is 1. The van der Waals surface area contributed by atoms with E-state index in [9.17, 15) is 18.8 Å². The highest BCUT2D eigenvalue weighted by Crippen LogP contribution is 2.22. The highest BCUT2D eigenvalue weighted by molar-refractivity contribution is 6.06. The summed E-state index contributed by atoms with van der Waals surface area (Å²) in [6.45, 7) is 6.35. The second kappa shape index (κ2) is 4.87. The molecule has 0 rings (SSSR count). The van der Waals surface area contributed by atoms with Gasteiger partial charge in [-0.05, 0) is 20.8 Å². The van der Waals surface area contributed by atoms with Crippen molar-refractivity contribution in [2.24, 2.45) is 0 Å². The van der Waals surface area contributed by atoms with Gasteiger partial charge in [-0.2, -0.15) is 0 Å². The Balaban J connectivity index is 4.99. The van der Waals surface area contributed by atoms with Gasteiger partial charge in [0.05, 0.1) is 0 Å². The Morgan fingerprint density at radius 2 is 1.81 bits per heavy atom. The van der Waals surface area contributed by atoms with Crippen molar-refractivity contribution in [1.29, 1.82) is 0 Å². The van der Waals surface area contributed by atoms with Crippen molar-refractivity contribution in [3.05, 3.63) is 12.2 Å². The average molecular weight is 232 g/mol. The normalized spacial score (nSPS) is 15.8. The van der Waals surface area contributed by atoms with Crippen molar-refractivity contribution in [3.63, 3.8) is 0 Å². The van der Waals surface area contributed by atoms with Crippen LogP contribution < -0.4 is 0 Å². The first kappa shape index (κ1) is 14.3. The van der Waals surface area contributed by atoms with Crippen LogP contribution in [-0.2, 0) is 19.1 Å². The number of alkyl halides is 1. The van der Waals surface area contributed by atoms with E-state index < -0.39 is 29.5 Å². The van der Waals surface area contributed by atoms with E-state index in [4.69, 9.17) is 5.11 Å². The molecule has 16 heavy (non-hydrogen) atoms. The monoisotopic (exact) mass is 232 g/mol. The van der Waals surface area contributed by atoms with E-state index in [1.807, 2.05) is 0 Å². The standard InChI is InChI=1S/C10H13FO5/c1-5(2)8(13)16-7(4)10(11,6(3)12)9(14)15/h7H,1H2,2-4H3,(H,14,15). The van der Waals surface area contributed by atoms with Crippen molar-refractivity contribution in [2.75, 3.05) is 0 Å². The largest absolute Gasteiger partial charge is 0.478 e. The number of hydrogen-bond donors (Lipinski definition) is 1. The van der Waals surface area contributed by atoms with Gasteiger partial charge in [0.2, 0.25) is 0 Å². The quantitative estimate of drug-likeness (QED) is 0.432. The van der Waals surface area contributed by atoms with Crippen LogP contribution in [0.2, 0.25) is 0 Å². The van der Waals surface area contributed by atoms with Crippen molar-refractivity contribution in [1.82, 2.24) is 0 Å². The lowest BCUT2D eigenvalue weighted by molar-refractivity contribution is -0.171. The van der Waals surface area contributed by atoms with Crippen LogP contribution in [0, 0.1) is 0 Å². The fourth-order valence-corrected chi connectivity index (χ4v) is 0.953. The number of aliphatic carboxylic acids is 1. The summed E-state index contributed by atoms with van der Waals surface area (Å²) in [5.74, 6) is -4.17. The molecular formula is C10H13FO5. The number of carboxylic acid groups (broad SMARTS) is 1. The van der Waals surface area contributed by atoms with Gasteiger partial charge in [-0.15, -0.1) is 0 Å². The van der Waals surface area contributed by atoms with Gasteiger partial charge in [0.1, 0.15) is 0 Å². The fraction of sp³-hybridized carbons (Fsp3) is 0.500. The highest BCUT2D eigenvalue weighted by Gasteiger charge is 2.51. The summed E-state index contributed by atoms with van der Waals surface area (Å²) in [5.41, 5.74) is -3.24. The Bertz CT molecular complexity index is 333. The summed E-state index contributed by atoms with van der Waals surface area (Å²) in [6.07, 6.45) is -1.72. The zero-order valence-corrected chi connectivity index (χ0v) is 9.24. The van der Waals surface area contributed by atoms with Gasteiger partial charge in [-0.3, -0.25) is 4.79 Å². The van der Waals surface area contributed by atoms with Gasteiger partial charge >= 0.3 is 11.9 Å². The molecule has 0 saturated heterocycles. The van der Waals surface area contributed by atoms with Gasteiger partial charge in [-0.25, -0.2) is 14.0 Å². The summed E-state index contributed by atoms with van der Waals surface area (Å²) in [4.78, 5) is 32.6. The van der Waals surface area contributed by atoms with Gasteiger partial charge < -0.3 is 9.84 Å². The third-order valence-corrected chi connectivity index (χ3v) is 2.02. The van der Waals surface area contributed by atoms with Crippen LogP contribution in [0.1, 0.15) is 20.8 Å². The van der Waals surface area contributed by atoms with Crippen LogP contribution in [-0.4, -0.2) is 34.6 Å². The minimum absolute atomic E-state index is 0.0110. The molecule has 0 radical (unpaired) electrons. The average Bonchev–Trinajstić information content (AvgIpc) is 2.15. The minimum atomic E-state index is -3.23. The van der Waals surface area contributed by atoms with Crippen LogP contribution in [0.3, 0.4) is 0 Å². The fourth-order valence-electron chi connectivity index (χ4n) is 0.953. The first-order chi connectivity index (χ1) is 7.13. The summed E-state index contributed by atoms with van der Waals surface area (Å²) < 4.78 is 18.3. The maximum Gasteiger partial charge on any atom is 0.353 e. The molecule has 2 unspecified atom stereocenters. The van der Waals surface area contributed by atoms with Crippen LogP contribution in [0.4, 0.5) is 4.39 Å². The molecule has 0 aliphatic heterocycles. The molecule has 2 atom stereocenters. The lowest BCUT2D eigenvalue weighted by Gasteiger charge is -2.24. The number of rotatable bonds is 5. The number of hydrogen-bond acceptors (Lipinski definition) is 4. The summed E-state index contributed by atoms with van der Waals surface area (Å²) >= 11 is 0. The van der Waals surface area contributed by atoms with Gasteiger partial charge in [0.15, 0.2) is 11.9 Å². The lowest BCUT2D eigenvalue weighted by Crippen LogP contribution is -2.51. The summed E-state index contributed by atoms with van der Waals surface area (Å²) in [6, 6.07) is 0. The van der Waals surface area contributed by atoms with Gasteiger partial charge in [0.25, 0.3) is 5.67 Å². The minimum Gasteiger partial charge on any atom is -0.478 e. The van der Waals surface area contributed by atoms with Crippen molar-refractivity contribution >= 4 is 17.7 Å². The molecule has 0 aromatic heterocycles. The zero-order valence-electron chi connectivity index (χ0n) is 9.24. The van der Waals surface area contributed by atoms with E-state index in [-0.39, 0.29) is 5.57 Å². The molecular weight excluding hydrogens is 219 g/mol. The lowest BCUT2D eigenvalue weighted by atomic mass is 9.95. The first-order valence-electron chi connectivity index (χ1n) is 4.43. The summed E-state index contributed by atoms with van der Waals surface area (Å²) in [5, 5.41) is 8.62. The molecule has 5 nitrogen and oxygen atoms in total. The molecule has 0 aliphatic rings. The topological polar surface area (TPSA) is 80.7 Å². The maximum absolute atomic E-state index is 13.8. The molecule has 6 heteroatoms. The molecule has 0 aromatic rings. The van der Waals surface area contributed by atoms with Crippen molar-refractivity contribution in [3.8, 4) is 0 Å². The SMILES string of the molecule is C=C(C)C(=O)OC(C)C(F)(C(C)=O)C(=O)O. The van der Waals surface area contributed by atoms with E-state index in [0.717, 1.165) is 13.8 Å². The third-order valence-electron chi connectivity index (χ3n) is 2.02. The van der Waals surface area contributed by atoms with Gasteiger partial charge in [0, 0.05) is 5.57 Å². The van der Waals surface area contributed by atoms with Crippen LogP contribution in [0.25, 0.3) is 0 Å². The van der Waals surface area contributed by atoms with Crippen molar-refractivity contribution in [2.45, 2.75) is 32.5 Å². The van der Waals surface area contributed by atoms with E-state index in [1.54, 1.807) is 0 Å². The Morgan fingerprint density at radius 3 is 2.06 bits per heavy atom. The molecule has 0 fully saturated rings. The second-order valence-corrected chi connectivity index (χ2v) is 3.40. The van der Waals surface area contributed by atoms with Crippen LogP contribution in [0.5, 0.6) is 0 Å².